The maximum absolute atomic E-state index is 13.1. The maximum atomic E-state index is 13.1. The summed E-state index contributed by atoms with van der Waals surface area (Å²) in [4.78, 5) is 59.3. The number of nitrogens with one attached hydrogen (secondary N) is 2. The van der Waals surface area contributed by atoms with Gasteiger partial charge in [0.25, 0.3) is 11.8 Å². The van der Waals surface area contributed by atoms with E-state index in [4.69, 9.17) is 16.3 Å². The molecule has 45 heavy (non-hydrogen) atoms. The number of carbonyl (C=O) groups excluding carboxylic acids is 4. The molecule has 2 aromatic carbocycles. The summed E-state index contributed by atoms with van der Waals surface area (Å²) in [5.41, 5.74) is 4.99. The van der Waals surface area contributed by atoms with E-state index in [1.165, 1.54) is 25.4 Å². The molecule has 5 rings (SSSR count). The normalized spacial score (nSPS) is 13.6. The Labute approximate surface area is 265 Å². The highest BCUT2D eigenvalue weighted by molar-refractivity contribution is 6.36. The molecular formula is C34H32ClN5O5. The second kappa shape index (κ2) is 14.2. The number of aromatic nitrogens is 2. The van der Waals surface area contributed by atoms with Crippen LogP contribution in [0.3, 0.4) is 0 Å². The lowest BCUT2D eigenvalue weighted by Crippen LogP contribution is -2.36. The van der Waals surface area contributed by atoms with Gasteiger partial charge >= 0.3 is 5.97 Å². The predicted octanol–water partition coefficient (Wildman–Crippen LogP) is 5.81. The number of hydrogen-bond donors (Lipinski definition) is 2. The molecule has 0 bridgehead atoms. The van der Waals surface area contributed by atoms with Crippen LogP contribution >= 0.6 is 11.6 Å². The van der Waals surface area contributed by atoms with E-state index in [0.717, 1.165) is 42.6 Å². The second-order valence-corrected chi connectivity index (χ2v) is 11.2. The first-order chi connectivity index (χ1) is 21.8. The molecule has 2 aromatic heterocycles. The molecule has 10 nitrogen and oxygen atoms in total. The first kappa shape index (κ1) is 31.5. The lowest BCUT2D eigenvalue weighted by Gasteiger charge is -2.30. The molecule has 3 heterocycles. The number of hydrogen-bond acceptors (Lipinski definition) is 8. The zero-order chi connectivity index (χ0) is 31.9. The highest BCUT2D eigenvalue weighted by Gasteiger charge is 2.25. The Morgan fingerprint density at radius 3 is 2.11 bits per heavy atom. The van der Waals surface area contributed by atoms with Crippen molar-refractivity contribution in [3.8, 4) is 11.1 Å². The number of rotatable bonds is 9. The van der Waals surface area contributed by atoms with Crippen LogP contribution in [0.1, 0.15) is 55.3 Å². The van der Waals surface area contributed by atoms with Gasteiger partial charge in [0.1, 0.15) is 11.4 Å². The Bertz CT molecular complexity index is 1720. The van der Waals surface area contributed by atoms with Gasteiger partial charge in [-0.1, -0.05) is 41.9 Å². The number of esters is 1. The zero-order valence-corrected chi connectivity index (χ0v) is 25.6. The molecule has 0 aliphatic carbocycles. The minimum Gasteiger partial charge on any atom is -0.469 e. The molecule has 1 saturated heterocycles. The quantitative estimate of drug-likeness (QED) is 0.176. The van der Waals surface area contributed by atoms with Gasteiger partial charge in [-0.15, -0.1) is 0 Å². The summed E-state index contributed by atoms with van der Waals surface area (Å²) in [6.07, 6.45) is 5.21. The third-order valence-corrected chi connectivity index (χ3v) is 8.27. The van der Waals surface area contributed by atoms with Crippen LogP contribution in [0, 0.1) is 12.8 Å². The Morgan fingerprint density at radius 2 is 1.51 bits per heavy atom. The highest BCUT2D eigenvalue weighted by Crippen LogP contribution is 2.37. The number of likely N-dealkylation sites (tertiary alicyclic amines) is 1. The first-order valence-corrected chi connectivity index (χ1v) is 14.8. The van der Waals surface area contributed by atoms with E-state index >= 15 is 0 Å². The first-order valence-electron chi connectivity index (χ1n) is 14.4. The molecular weight excluding hydrogens is 594 g/mol. The third-order valence-electron chi connectivity index (χ3n) is 7.86. The maximum Gasteiger partial charge on any atom is 0.308 e. The van der Waals surface area contributed by atoms with Crippen LogP contribution < -0.4 is 10.6 Å². The summed E-state index contributed by atoms with van der Waals surface area (Å²) < 4.78 is 4.86. The van der Waals surface area contributed by atoms with Crippen molar-refractivity contribution in [1.82, 2.24) is 14.9 Å². The van der Waals surface area contributed by atoms with Gasteiger partial charge in [0, 0.05) is 35.8 Å². The molecule has 1 fully saturated rings. The number of carbonyl (C=O) groups is 4. The van der Waals surface area contributed by atoms with Crippen molar-refractivity contribution in [1.29, 1.82) is 0 Å². The standard InChI is InChI=1S/C34H32ClN5O5/c1-21-25(5-3-7-27(21)38-32(42)30-12-10-23(20-41)18-37-30)26-6-4-8-28(31(26)35)39-33(43)29-11-9-22(17-36-29)19-40-15-13-24(14-16-40)34(44)45-2/h3-12,17-18,20,24H,13-16,19H2,1-2H3,(H,38,42)(H,39,43). The van der Waals surface area contributed by atoms with Crippen molar-refractivity contribution < 1.29 is 23.9 Å². The topological polar surface area (TPSA) is 131 Å². The van der Waals surface area contributed by atoms with Crippen LogP contribution in [0.5, 0.6) is 0 Å². The molecule has 2 N–H and O–H groups in total. The smallest absolute Gasteiger partial charge is 0.308 e. The van der Waals surface area contributed by atoms with Gasteiger partial charge in [-0.3, -0.25) is 34.0 Å². The molecule has 4 aromatic rings. The summed E-state index contributed by atoms with van der Waals surface area (Å²) in [6.45, 7) is 4.12. The van der Waals surface area contributed by atoms with E-state index in [1.54, 1.807) is 36.5 Å². The molecule has 2 amide bonds. The van der Waals surface area contributed by atoms with Gasteiger partial charge in [-0.2, -0.15) is 0 Å². The summed E-state index contributed by atoms with van der Waals surface area (Å²) >= 11 is 6.81. The zero-order valence-electron chi connectivity index (χ0n) is 24.9. The van der Waals surface area contributed by atoms with Crippen molar-refractivity contribution in [2.45, 2.75) is 26.3 Å². The average molecular weight is 626 g/mol. The molecule has 1 aliphatic heterocycles. The second-order valence-electron chi connectivity index (χ2n) is 10.8. The molecule has 0 atom stereocenters. The van der Waals surface area contributed by atoms with Crippen molar-refractivity contribution >= 4 is 47.0 Å². The number of piperidine rings is 1. The van der Waals surface area contributed by atoms with E-state index in [0.29, 0.717) is 40.4 Å². The summed E-state index contributed by atoms with van der Waals surface area (Å²) in [6, 6.07) is 17.4. The molecule has 0 spiro atoms. The SMILES string of the molecule is COC(=O)C1CCN(Cc2ccc(C(=O)Nc3cccc(-c4cccc(NC(=O)c5ccc(C=O)cn5)c4C)c3Cl)nc2)CC1. The van der Waals surface area contributed by atoms with E-state index in [1.807, 2.05) is 25.1 Å². The number of amides is 2. The number of ether oxygens (including phenoxy) is 1. The fourth-order valence-corrected chi connectivity index (χ4v) is 5.56. The molecule has 0 unspecified atom stereocenters. The van der Waals surface area contributed by atoms with Crippen LogP contribution in [-0.4, -0.2) is 59.1 Å². The van der Waals surface area contributed by atoms with E-state index in [9.17, 15) is 19.2 Å². The van der Waals surface area contributed by atoms with Crippen LogP contribution in [-0.2, 0) is 16.1 Å². The van der Waals surface area contributed by atoms with Crippen molar-refractivity contribution in [2.24, 2.45) is 5.92 Å². The van der Waals surface area contributed by atoms with Crippen LogP contribution in [0.15, 0.2) is 73.1 Å². The minimum absolute atomic E-state index is 0.0497. The fourth-order valence-electron chi connectivity index (χ4n) is 5.29. The Kier molecular flexibility index (Phi) is 9.96. The minimum atomic E-state index is -0.415. The Hall–Kier alpha value is -4.93. The number of nitrogens with zero attached hydrogens (tertiary/aromatic N) is 3. The molecule has 1 aliphatic rings. The van der Waals surface area contributed by atoms with E-state index < -0.39 is 11.8 Å². The molecule has 0 saturated carbocycles. The number of pyridine rings is 2. The molecule has 0 radical (unpaired) electrons. The lowest BCUT2D eigenvalue weighted by molar-refractivity contribution is -0.147. The third kappa shape index (κ3) is 7.42. The Morgan fingerprint density at radius 1 is 0.889 bits per heavy atom. The molecule has 230 valence electrons. The Balaban J connectivity index is 1.25. The van der Waals surface area contributed by atoms with Gasteiger partial charge in [-0.05, 0) is 79.9 Å². The monoisotopic (exact) mass is 625 g/mol. The van der Waals surface area contributed by atoms with Crippen LogP contribution in [0.2, 0.25) is 5.02 Å². The van der Waals surface area contributed by atoms with Gasteiger partial charge in [-0.25, -0.2) is 0 Å². The number of benzene rings is 2. The lowest BCUT2D eigenvalue weighted by atomic mass is 9.97. The summed E-state index contributed by atoms with van der Waals surface area (Å²) in [7, 11) is 1.42. The number of halogens is 1. The predicted molar refractivity (Wildman–Crippen MR) is 171 cm³/mol. The largest absolute Gasteiger partial charge is 0.469 e. The average Bonchev–Trinajstić information content (AvgIpc) is 3.07. The van der Waals surface area contributed by atoms with E-state index in [-0.39, 0.29) is 23.3 Å². The van der Waals surface area contributed by atoms with Gasteiger partial charge in [0.15, 0.2) is 6.29 Å². The summed E-state index contributed by atoms with van der Waals surface area (Å²) in [5.74, 6) is -1.01. The number of methoxy groups -OCH3 is 1. The highest BCUT2D eigenvalue weighted by atomic mass is 35.5. The van der Waals surface area contributed by atoms with Crippen molar-refractivity contribution in [2.75, 3.05) is 30.8 Å². The van der Waals surface area contributed by atoms with E-state index in [2.05, 4.69) is 25.5 Å². The van der Waals surface area contributed by atoms with Gasteiger partial charge in [0.05, 0.1) is 23.7 Å². The van der Waals surface area contributed by atoms with Gasteiger partial charge in [0.2, 0.25) is 0 Å². The van der Waals surface area contributed by atoms with Gasteiger partial charge < -0.3 is 15.4 Å². The summed E-state index contributed by atoms with van der Waals surface area (Å²) in [5, 5.41) is 6.08. The number of aldehydes is 1. The van der Waals surface area contributed by atoms with Crippen molar-refractivity contribution in [3.05, 3.63) is 106 Å². The van der Waals surface area contributed by atoms with Crippen LogP contribution in [0.4, 0.5) is 11.4 Å². The fraction of sp³-hybridized carbons (Fsp3) is 0.235. The molecule has 11 heteroatoms. The van der Waals surface area contributed by atoms with Crippen molar-refractivity contribution in [3.63, 3.8) is 0 Å². The number of anilines is 2. The van der Waals surface area contributed by atoms with Crippen LogP contribution in [0.25, 0.3) is 11.1 Å².